The van der Waals surface area contributed by atoms with Crippen LogP contribution in [0.25, 0.3) is 0 Å². The quantitative estimate of drug-likeness (QED) is 0.818. The van der Waals surface area contributed by atoms with Crippen molar-refractivity contribution < 1.29 is 18.7 Å². The minimum atomic E-state index is -0.310. The number of hydrogen-bond donors (Lipinski definition) is 2. The molecule has 1 unspecified atom stereocenters. The van der Waals surface area contributed by atoms with Crippen molar-refractivity contribution in [1.82, 2.24) is 10.6 Å². The molecule has 6 nitrogen and oxygen atoms in total. The standard InChI is InChI=1S/C18H22N2O4/c1-4-23-15-8-6-14(7-9-15)18(22)19-11-17(21)20-13(3)16-10-5-12(2)24-16/h5-10,13H,4,11H2,1-3H3,(H,19,22)(H,20,21). The van der Waals surface area contributed by atoms with Gasteiger partial charge in [0.2, 0.25) is 5.91 Å². The fourth-order valence-electron chi connectivity index (χ4n) is 2.18. The average Bonchev–Trinajstić information content (AvgIpc) is 3.00. The maximum absolute atomic E-state index is 12.0. The van der Waals surface area contributed by atoms with E-state index in [4.69, 9.17) is 9.15 Å². The summed E-state index contributed by atoms with van der Waals surface area (Å²) in [7, 11) is 0. The molecule has 2 amide bonds. The second-order valence-corrected chi connectivity index (χ2v) is 5.38. The van der Waals surface area contributed by atoms with E-state index in [-0.39, 0.29) is 24.4 Å². The molecule has 2 rings (SSSR count). The monoisotopic (exact) mass is 330 g/mol. The van der Waals surface area contributed by atoms with E-state index in [9.17, 15) is 9.59 Å². The maximum Gasteiger partial charge on any atom is 0.251 e. The molecule has 1 aromatic carbocycles. The molecule has 1 atom stereocenters. The highest BCUT2D eigenvalue weighted by Crippen LogP contribution is 2.15. The first-order valence-electron chi connectivity index (χ1n) is 7.86. The molecule has 128 valence electrons. The first kappa shape index (κ1) is 17.6. The number of amides is 2. The Morgan fingerprint density at radius 1 is 1.17 bits per heavy atom. The lowest BCUT2D eigenvalue weighted by Crippen LogP contribution is -2.37. The molecule has 1 heterocycles. The van der Waals surface area contributed by atoms with Gasteiger partial charge in [0.25, 0.3) is 5.91 Å². The summed E-state index contributed by atoms with van der Waals surface area (Å²) in [5.41, 5.74) is 0.473. The highest BCUT2D eigenvalue weighted by atomic mass is 16.5. The number of carbonyl (C=O) groups excluding carboxylic acids is 2. The number of carbonyl (C=O) groups is 2. The summed E-state index contributed by atoms with van der Waals surface area (Å²) >= 11 is 0. The van der Waals surface area contributed by atoms with Crippen LogP contribution >= 0.6 is 0 Å². The fourth-order valence-corrected chi connectivity index (χ4v) is 2.18. The Kier molecular flexibility index (Phi) is 6.01. The van der Waals surface area contributed by atoms with E-state index < -0.39 is 0 Å². The van der Waals surface area contributed by atoms with Gasteiger partial charge in [-0.25, -0.2) is 0 Å². The molecule has 2 N–H and O–H groups in total. The molecule has 0 saturated carbocycles. The second kappa shape index (κ2) is 8.19. The van der Waals surface area contributed by atoms with Gasteiger partial charge in [-0.1, -0.05) is 0 Å². The molecule has 0 bridgehead atoms. The van der Waals surface area contributed by atoms with E-state index in [1.54, 1.807) is 24.3 Å². The third kappa shape index (κ3) is 4.87. The smallest absolute Gasteiger partial charge is 0.251 e. The molecule has 24 heavy (non-hydrogen) atoms. The molecule has 0 radical (unpaired) electrons. The molecule has 0 saturated heterocycles. The number of aryl methyl sites for hydroxylation is 1. The zero-order valence-electron chi connectivity index (χ0n) is 14.1. The van der Waals surface area contributed by atoms with Crippen molar-refractivity contribution in [3.05, 3.63) is 53.5 Å². The third-order valence-corrected chi connectivity index (χ3v) is 3.40. The zero-order chi connectivity index (χ0) is 17.5. The Bertz CT molecular complexity index is 691. The van der Waals surface area contributed by atoms with Crippen LogP contribution in [0.2, 0.25) is 0 Å². The van der Waals surface area contributed by atoms with E-state index in [1.165, 1.54) is 0 Å². The molecule has 1 aromatic heterocycles. The van der Waals surface area contributed by atoms with Gasteiger partial charge in [0.1, 0.15) is 17.3 Å². The van der Waals surface area contributed by atoms with Crippen LogP contribution in [0.15, 0.2) is 40.8 Å². The van der Waals surface area contributed by atoms with Gasteiger partial charge < -0.3 is 19.8 Å². The van der Waals surface area contributed by atoms with Gasteiger partial charge in [0, 0.05) is 5.56 Å². The highest BCUT2D eigenvalue weighted by Gasteiger charge is 2.14. The molecule has 2 aromatic rings. The lowest BCUT2D eigenvalue weighted by atomic mass is 10.2. The van der Waals surface area contributed by atoms with Crippen LogP contribution in [0.3, 0.4) is 0 Å². The topological polar surface area (TPSA) is 80.6 Å². The summed E-state index contributed by atoms with van der Waals surface area (Å²) in [5, 5.41) is 5.36. The highest BCUT2D eigenvalue weighted by molar-refractivity contribution is 5.96. The van der Waals surface area contributed by atoms with E-state index in [0.717, 1.165) is 5.76 Å². The molecule has 0 fully saturated rings. The van der Waals surface area contributed by atoms with Crippen molar-refractivity contribution >= 4 is 11.8 Å². The van der Waals surface area contributed by atoms with Crippen LogP contribution in [0.4, 0.5) is 0 Å². The largest absolute Gasteiger partial charge is 0.494 e. The van der Waals surface area contributed by atoms with Crippen LogP contribution in [-0.4, -0.2) is 25.0 Å². The van der Waals surface area contributed by atoms with Crippen LogP contribution in [0, 0.1) is 6.92 Å². The molecule has 0 spiro atoms. The zero-order valence-corrected chi connectivity index (χ0v) is 14.1. The van der Waals surface area contributed by atoms with Crippen molar-refractivity contribution in [3.63, 3.8) is 0 Å². The van der Waals surface area contributed by atoms with Crippen molar-refractivity contribution in [1.29, 1.82) is 0 Å². The van der Waals surface area contributed by atoms with Crippen LogP contribution in [0.1, 0.15) is 41.8 Å². The second-order valence-electron chi connectivity index (χ2n) is 5.38. The summed E-state index contributed by atoms with van der Waals surface area (Å²) in [6.45, 7) is 6.03. The summed E-state index contributed by atoms with van der Waals surface area (Å²) < 4.78 is 10.8. The first-order chi connectivity index (χ1) is 11.5. The van der Waals surface area contributed by atoms with Crippen LogP contribution in [-0.2, 0) is 4.79 Å². The predicted molar refractivity (Wildman–Crippen MR) is 89.9 cm³/mol. The first-order valence-corrected chi connectivity index (χ1v) is 7.86. The Labute approximate surface area is 141 Å². The normalized spacial score (nSPS) is 11.6. The number of benzene rings is 1. The van der Waals surface area contributed by atoms with Crippen molar-refractivity contribution in [2.75, 3.05) is 13.2 Å². The van der Waals surface area contributed by atoms with E-state index in [1.807, 2.05) is 32.9 Å². The molecule has 6 heteroatoms. The van der Waals surface area contributed by atoms with Gasteiger partial charge in [-0.3, -0.25) is 9.59 Å². The lowest BCUT2D eigenvalue weighted by molar-refractivity contribution is -0.120. The number of furan rings is 1. The van der Waals surface area contributed by atoms with Gasteiger partial charge in [-0.2, -0.15) is 0 Å². The predicted octanol–water partition coefficient (Wildman–Crippen LogP) is 2.59. The SMILES string of the molecule is CCOc1ccc(C(=O)NCC(=O)NC(C)c2ccc(C)o2)cc1. The molecular weight excluding hydrogens is 308 g/mol. The molecule has 0 aliphatic rings. The minimum Gasteiger partial charge on any atom is -0.494 e. The third-order valence-electron chi connectivity index (χ3n) is 3.40. The summed E-state index contributed by atoms with van der Waals surface area (Å²) in [6, 6.07) is 10.2. The van der Waals surface area contributed by atoms with Crippen LogP contribution in [0.5, 0.6) is 5.75 Å². The van der Waals surface area contributed by atoms with Crippen molar-refractivity contribution in [2.45, 2.75) is 26.8 Å². The fraction of sp³-hybridized carbons (Fsp3) is 0.333. The number of ether oxygens (including phenoxy) is 1. The van der Waals surface area contributed by atoms with E-state index in [2.05, 4.69) is 10.6 Å². The Balaban J connectivity index is 1.81. The van der Waals surface area contributed by atoms with E-state index in [0.29, 0.717) is 23.7 Å². The van der Waals surface area contributed by atoms with E-state index >= 15 is 0 Å². The average molecular weight is 330 g/mol. The Morgan fingerprint density at radius 3 is 2.46 bits per heavy atom. The summed E-state index contributed by atoms with van der Waals surface area (Å²) in [6.07, 6.45) is 0. The Hall–Kier alpha value is -2.76. The maximum atomic E-state index is 12.0. The number of hydrogen-bond acceptors (Lipinski definition) is 4. The van der Waals surface area contributed by atoms with Crippen molar-refractivity contribution in [3.8, 4) is 5.75 Å². The van der Waals surface area contributed by atoms with Gasteiger partial charge in [-0.05, 0) is 57.2 Å². The van der Waals surface area contributed by atoms with Gasteiger partial charge in [0.05, 0.1) is 19.2 Å². The number of rotatable bonds is 7. The molecule has 0 aliphatic heterocycles. The number of nitrogens with one attached hydrogen (secondary N) is 2. The summed E-state index contributed by atoms with van der Waals surface area (Å²) in [5.74, 6) is 1.58. The Morgan fingerprint density at radius 2 is 1.88 bits per heavy atom. The summed E-state index contributed by atoms with van der Waals surface area (Å²) in [4.78, 5) is 23.9. The van der Waals surface area contributed by atoms with Gasteiger partial charge in [0.15, 0.2) is 0 Å². The minimum absolute atomic E-state index is 0.101. The lowest BCUT2D eigenvalue weighted by Gasteiger charge is -2.12. The molecule has 0 aliphatic carbocycles. The van der Waals surface area contributed by atoms with Crippen LogP contribution < -0.4 is 15.4 Å². The van der Waals surface area contributed by atoms with Gasteiger partial charge in [-0.15, -0.1) is 0 Å². The molecular formula is C18H22N2O4. The van der Waals surface area contributed by atoms with Crippen molar-refractivity contribution in [2.24, 2.45) is 0 Å². The van der Waals surface area contributed by atoms with Gasteiger partial charge >= 0.3 is 0 Å².